The van der Waals surface area contributed by atoms with Gasteiger partial charge < -0.3 is 9.64 Å². The molecule has 0 aliphatic carbocycles. The summed E-state index contributed by atoms with van der Waals surface area (Å²) in [4.78, 5) is 13.4. The number of carbonyl (C=O) groups excluding carboxylic acids is 1. The van der Waals surface area contributed by atoms with Crippen molar-refractivity contribution in [1.82, 2.24) is 4.90 Å². The number of ether oxygens (including phenoxy) is 1. The molecule has 0 aliphatic heterocycles. The van der Waals surface area contributed by atoms with Crippen LogP contribution in [-0.2, 0) is 14.6 Å². The first-order chi connectivity index (χ1) is 9.69. The number of halogens is 1. The van der Waals surface area contributed by atoms with Crippen molar-refractivity contribution in [3.05, 3.63) is 29.3 Å². The highest BCUT2D eigenvalue weighted by molar-refractivity contribution is 7.90. The molecule has 0 N–H and O–H groups in total. The van der Waals surface area contributed by atoms with Crippen LogP contribution in [0.3, 0.4) is 0 Å². The fraction of sp³-hybridized carbons (Fsp3) is 0.500. The Kier molecular flexibility index (Phi) is 6.48. The van der Waals surface area contributed by atoms with Gasteiger partial charge in [0.15, 0.2) is 0 Å². The zero-order valence-electron chi connectivity index (χ0n) is 12.4. The Morgan fingerprint density at radius 1 is 1.43 bits per heavy atom. The van der Waals surface area contributed by atoms with Crippen molar-refractivity contribution < 1.29 is 17.9 Å². The van der Waals surface area contributed by atoms with E-state index in [2.05, 4.69) is 0 Å². The number of hydrogen-bond donors (Lipinski definition) is 0. The molecule has 0 spiro atoms. The Balaban J connectivity index is 2.43. The second-order valence-corrected chi connectivity index (χ2v) is 7.62. The summed E-state index contributed by atoms with van der Waals surface area (Å²) in [7, 11) is -1.52. The normalized spacial score (nSPS) is 12.8. The summed E-state index contributed by atoms with van der Waals surface area (Å²) in [5.41, 5.74) is 0. The van der Waals surface area contributed by atoms with Crippen molar-refractivity contribution in [2.75, 3.05) is 25.7 Å². The molecule has 0 saturated carbocycles. The molecule has 0 fully saturated rings. The van der Waals surface area contributed by atoms with Gasteiger partial charge in [0.1, 0.15) is 15.6 Å². The van der Waals surface area contributed by atoms with Crippen LogP contribution in [-0.4, -0.2) is 50.9 Å². The summed E-state index contributed by atoms with van der Waals surface area (Å²) in [6.07, 6.45) is 1.33. The molecule has 5 nitrogen and oxygen atoms in total. The van der Waals surface area contributed by atoms with Crippen molar-refractivity contribution in [3.8, 4) is 5.75 Å². The van der Waals surface area contributed by atoms with Crippen LogP contribution in [0, 0.1) is 0 Å². The smallest absolute Gasteiger partial charge is 0.226 e. The topological polar surface area (TPSA) is 63.7 Å². The maximum Gasteiger partial charge on any atom is 0.226 e. The van der Waals surface area contributed by atoms with Gasteiger partial charge in [-0.3, -0.25) is 4.79 Å². The van der Waals surface area contributed by atoms with Crippen LogP contribution in [0.1, 0.15) is 13.3 Å². The van der Waals surface area contributed by atoms with Crippen molar-refractivity contribution in [3.63, 3.8) is 0 Å². The van der Waals surface area contributed by atoms with E-state index < -0.39 is 9.84 Å². The zero-order chi connectivity index (χ0) is 16.0. The SMILES string of the molecule is CC(CS(C)(=O)=O)N(C)C(=O)CCOc1cccc(Cl)c1. The average molecular weight is 334 g/mol. The highest BCUT2D eigenvalue weighted by atomic mass is 35.5. The molecule has 21 heavy (non-hydrogen) atoms. The highest BCUT2D eigenvalue weighted by Gasteiger charge is 2.19. The number of nitrogens with zero attached hydrogens (tertiary/aromatic N) is 1. The van der Waals surface area contributed by atoms with Crippen molar-refractivity contribution >= 4 is 27.3 Å². The molecular weight excluding hydrogens is 314 g/mol. The van der Waals surface area contributed by atoms with Gasteiger partial charge in [0.25, 0.3) is 0 Å². The van der Waals surface area contributed by atoms with Crippen LogP contribution >= 0.6 is 11.6 Å². The lowest BCUT2D eigenvalue weighted by molar-refractivity contribution is -0.131. The maximum absolute atomic E-state index is 12.0. The van der Waals surface area contributed by atoms with Crippen LogP contribution in [0.2, 0.25) is 5.02 Å². The predicted molar refractivity (Wildman–Crippen MR) is 83.5 cm³/mol. The standard InChI is InChI=1S/C14H20ClNO4S/c1-11(10-21(3,18)19)16(2)14(17)7-8-20-13-6-4-5-12(15)9-13/h4-6,9,11H,7-8,10H2,1-3H3. The van der Waals surface area contributed by atoms with Gasteiger partial charge in [-0.1, -0.05) is 17.7 Å². The zero-order valence-corrected chi connectivity index (χ0v) is 13.9. The molecular formula is C14H20ClNO4S. The first kappa shape index (κ1) is 17.8. The Morgan fingerprint density at radius 2 is 2.10 bits per heavy atom. The second-order valence-electron chi connectivity index (χ2n) is 5.00. The van der Waals surface area contributed by atoms with Gasteiger partial charge in [-0.05, 0) is 25.1 Å². The van der Waals surface area contributed by atoms with Crippen molar-refractivity contribution in [1.29, 1.82) is 0 Å². The molecule has 0 aromatic heterocycles. The molecule has 0 aliphatic rings. The highest BCUT2D eigenvalue weighted by Crippen LogP contribution is 2.17. The fourth-order valence-electron chi connectivity index (χ4n) is 1.79. The molecule has 118 valence electrons. The van der Waals surface area contributed by atoms with Crippen molar-refractivity contribution in [2.45, 2.75) is 19.4 Å². The first-order valence-corrected chi connectivity index (χ1v) is 8.94. The molecule has 1 rings (SSSR count). The molecule has 1 aromatic carbocycles. The molecule has 1 unspecified atom stereocenters. The quantitative estimate of drug-likeness (QED) is 0.765. The molecule has 0 radical (unpaired) electrons. The van der Waals surface area contributed by atoms with Crippen LogP contribution in [0.25, 0.3) is 0 Å². The summed E-state index contributed by atoms with van der Waals surface area (Å²) >= 11 is 5.83. The van der Waals surface area contributed by atoms with Gasteiger partial charge in [0, 0.05) is 24.4 Å². The molecule has 1 amide bonds. The Morgan fingerprint density at radius 3 is 2.67 bits per heavy atom. The minimum atomic E-state index is -3.11. The van der Waals surface area contributed by atoms with E-state index in [0.717, 1.165) is 6.26 Å². The van der Waals surface area contributed by atoms with E-state index in [1.165, 1.54) is 4.90 Å². The lowest BCUT2D eigenvalue weighted by atomic mass is 10.3. The van der Waals surface area contributed by atoms with Gasteiger partial charge in [0.2, 0.25) is 5.91 Å². The fourth-order valence-corrected chi connectivity index (χ4v) is 3.07. The third kappa shape index (κ3) is 6.82. The summed E-state index contributed by atoms with van der Waals surface area (Å²) < 4.78 is 27.9. The second kappa shape index (κ2) is 7.66. The van der Waals surface area contributed by atoms with Gasteiger partial charge in [-0.2, -0.15) is 0 Å². The number of rotatable bonds is 7. The average Bonchev–Trinajstić information content (AvgIpc) is 2.35. The van der Waals surface area contributed by atoms with Crippen LogP contribution in [0.15, 0.2) is 24.3 Å². The van der Waals surface area contributed by atoms with E-state index in [9.17, 15) is 13.2 Å². The molecule has 0 saturated heterocycles. The van der Waals surface area contributed by atoms with Gasteiger partial charge in [-0.25, -0.2) is 8.42 Å². The molecule has 1 aromatic rings. The number of hydrogen-bond acceptors (Lipinski definition) is 4. The predicted octanol–water partition coefficient (Wildman–Crippen LogP) is 2.00. The first-order valence-electron chi connectivity index (χ1n) is 6.51. The van der Waals surface area contributed by atoms with Crippen molar-refractivity contribution in [2.24, 2.45) is 0 Å². The number of benzene rings is 1. The molecule has 7 heteroatoms. The van der Waals surface area contributed by atoms with Gasteiger partial charge in [-0.15, -0.1) is 0 Å². The Labute approximate surface area is 130 Å². The number of sulfone groups is 1. The van der Waals surface area contributed by atoms with E-state index in [1.54, 1.807) is 38.2 Å². The Bertz CT molecular complexity index is 588. The third-order valence-corrected chi connectivity index (χ3v) is 4.30. The maximum atomic E-state index is 12.0. The molecule has 0 heterocycles. The lowest BCUT2D eigenvalue weighted by Gasteiger charge is -2.24. The van der Waals surface area contributed by atoms with E-state index in [4.69, 9.17) is 16.3 Å². The van der Waals surface area contributed by atoms with E-state index in [1.807, 2.05) is 0 Å². The van der Waals surface area contributed by atoms with E-state index >= 15 is 0 Å². The molecule has 0 bridgehead atoms. The van der Waals surface area contributed by atoms with Crippen LogP contribution in [0.5, 0.6) is 5.75 Å². The summed E-state index contributed by atoms with van der Waals surface area (Å²) in [5, 5.41) is 0.567. The third-order valence-electron chi connectivity index (χ3n) is 2.98. The number of amides is 1. The van der Waals surface area contributed by atoms with E-state index in [-0.39, 0.29) is 30.7 Å². The lowest BCUT2D eigenvalue weighted by Crippen LogP contribution is -2.39. The molecule has 1 atom stereocenters. The van der Waals surface area contributed by atoms with E-state index in [0.29, 0.717) is 10.8 Å². The minimum absolute atomic E-state index is 0.0512. The van der Waals surface area contributed by atoms with Crippen LogP contribution in [0.4, 0.5) is 0 Å². The summed E-state index contributed by atoms with van der Waals surface area (Å²) in [6, 6.07) is 6.56. The van der Waals surface area contributed by atoms with Gasteiger partial charge >= 0.3 is 0 Å². The minimum Gasteiger partial charge on any atom is -0.493 e. The summed E-state index contributed by atoms with van der Waals surface area (Å²) in [5.74, 6) is 0.389. The number of carbonyl (C=O) groups is 1. The monoisotopic (exact) mass is 333 g/mol. The van der Waals surface area contributed by atoms with Crippen LogP contribution < -0.4 is 4.74 Å². The Hall–Kier alpha value is -1.27. The van der Waals surface area contributed by atoms with Gasteiger partial charge in [0.05, 0.1) is 18.8 Å². The summed E-state index contributed by atoms with van der Waals surface area (Å²) in [6.45, 7) is 1.92. The largest absolute Gasteiger partial charge is 0.493 e.